The third-order valence-corrected chi connectivity index (χ3v) is 8.82. The fourth-order valence-corrected chi connectivity index (χ4v) is 6.24. The van der Waals surface area contributed by atoms with Gasteiger partial charge in [0.05, 0.1) is 40.0 Å². The number of anilines is 1. The zero-order valence-corrected chi connectivity index (χ0v) is 25.3. The van der Waals surface area contributed by atoms with Crippen LogP contribution in [0.2, 0.25) is 0 Å². The molecule has 5 rings (SSSR count). The van der Waals surface area contributed by atoms with E-state index in [1.54, 1.807) is 11.0 Å². The molecule has 2 aromatic heterocycles. The monoisotopic (exact) mass is 610 g/mol. The average molecular weight is 611 g/mol. The van der Waals surface area contributed by atoms with Crippen LogP contribution in [0.5, 0.6) is 0 Å². The lowest BCUT2D eigenvalue weighted by molar-refractivity contribution is -0.128. The molecule has 4 heterocycles. The number of rotatable bonds is 11. The number of halogens is 2. The largest absolute Gasteiger partial charge is 0.379 e. The Morgan fingerprint density at radius 1 is 1.28 bits per heavy atom. The highest BCUT2D eigenvalue weighted by molar-refractivity contribution is 7.14. The molecular formula is C31H36F2N6O3S. The summed E-state index contributed by atoms with van der Waals surface area (Å²) in [5.41, 5.74) is 2.25. The number of aromatic nitrogens is 2. The van der Waals surface area contributed by atoms with Crippen molar-refractivity contribution in [3.63, 3.8) is 0 Å². The molecule has 0 unspecified atom stereocenters. The number of nitriles is 1. The molecule has 2 N–H and O–H groups in total. The van der Waals surface area contributed by atoms with Crippen molar-refractivity contribution in [1.82, 2.24) is 19.8 Å². The lowest BCUT2D eigenvalue weighted by Gasteiger charge is -2.35. The highest BCUT2D eigenvalue weighted by Crippen LogP contribution is 2.32. The minimum absolute atomic E-state index is 0.104. The molecule has 228 valence electrons. The topological polar surface area (TPSA) is 112 Å². The molecule has 9 nitrogen and oxygen atoms in total. The normalized spacial score (nSPS) is 18.3. The second-order valence-electron chi connectivity index (χ2n) is 12.0. The predicted octanol–water partition coefficient (Wildman–Crippen LogP) is 5.51. The zero-order chi connectivity index (χ0) is 30.7. The average Bonchev–Trinajstić information content (AvgIpc) is 3.70. The number of imidazole rings is 1. The van der Waals surface area contributed by atoms with Gasteiger partial charge in [-0.2, -0.15) is 5.26 Å². The third-order valence-electron chi connectivity index (χ3n) is 7.72. The Labute approximate surface area is 253 Å². The quantitative estimate of drug-likeness (QED) is 0.219. The van der Waals surface area contributed by atoms with Crippen molar-refractivity contribution >= 4 is 40.1 Å². The SMILES string of the molecule is CC(C)CNCc1ccc2c(c1)nc(NC(=O)c1ccc(C(F)F)s1)n2C[C@H]1CCCN1C(=O)/C(C#N)=C\C1(C)COC1. The Morgan fingerprint density at radius 3 is 2.72 bits per heavy atom. The second-order valence-corrected chi connectivity index (χ2v) is 13.1. The highest BCUT2D eigenvalue weighted by Gasteiger charge is 2.36. The number of hydrogen-bond acceptors (Lipinski definition) is 7. The van der Waals surface area contributed by atoms with Crippen molar-refractivity contribution in [2.75, 3.05) is 31.6 Å². The van der Waals surface area contributed by atoms with E-state index in [0.717, 1.165) is 41.8 Å². The van der Waals surface area contributed by atoms with Gasteiger partial charge >= 0.3 is 0 Å². The number of nitrogens with zero attached hydrogens (tertiary/aromatic N) is 4. The van der Waals surface area contributed by atoms with E-state index >= 15 is 0 Å². The third kappa shape index (κ3) is 6.95. The lowest BCUT2D eigenvalue weighted by atomic mass is 9.86. The van der Waals surface area contributed by atoms with E-state index < -0.39 is 12.3 Å². The van der Waals surface area contributed by atoms with Gasteiger partial charge in [0.1, 0.15) is 11.6 Å². The highest BCUT2D eigenvalue weighted by atomic mass is 32.1. The first kappa shape index (κ1) is 30.8. The van der Waals surface area contributed by atoms with Crippen LogP contribution >= 0.6 is 11.3 Å². The number of nitrogens with one attached hydrogen (secondary N) is 2. The molecule has 1 atom stereocenters. The molecule has 2 amide bonds. The van der Waals surface area contributed by atoms with Crippen molar-refractivity contribution in [3.8, 4) is 6.07 Å². The maximum atomic E-state index is 13.5. The molecule has 0 radical (unpaired) electrons. The van der Waals surface area contributed by atoms with Gasteiger partial charge in [-0.05, 0) is 55.1 Å². The molecule has 2 fully saturated rings. The summed E-state index contributed by atoms with van der Waals surface area (Å²) < 4.78 is 33.5. The number of fused-ring (bicyclic) bond motifs is 1. The van der Waals surface area contributed by atoms with E-state index in [1.165, 1.54) is 12.1 Å². The molecule has 2 aliphatic rings. The maximum Gasteiger partial charge on any atom is 0.272 e. The van der Waals surface area contributed by atoms with Gasteiger partial charge in [0.15, 0.2) is 0 Å². The molecular weight excluding hydrogens is 574 g/mol. The van der Waals surface area contributed by atoms with E-state index in [9.17, 15) is 23.6 Å². The van der Waals surface area contributed by atoms with E-state index in [-0.39, 0.29) is 38.6 Å². The van der Waals surface area contributed by atoms with E-state index in [0.29, 0.717) is 44.3 Å². The van der Waals surface area contributed by atoms with Crippen LogP contribution < -0.4 is 10.6 Å². The molecule has 2 aliphatic heterocycles. The lowest BCUT2D eigenvalue weighted by Crippen LogP contribution is -2.41. The first-order valence-corrected chi connectivity index (χ1v) is 15.3. The minimum atomic E-state index is -2.66. The molecule has 0 saturated carbocycles. The molecule has 2 saturated heterocycles. The fraction of sp³-hybridized carbons (Fsp3) is 0.484. The van der Waals surface area contributed by atoms with Crippen molar-refractivity contribution in [3.05, 3.63) is 57.3 Å². The number of thiophene rings is 1. The first-order valence-electron chi connectivity index (χ1n) is 14.5. The second kappa shape index (κ2) is 12.9. The Hall–Kier alpha value is -3.66. The van der Waals surface area contributed by atoms with E-state index in [4.69, 9.17) is 9.72 Å². The fourth-order valence-electron chi connectivity index (χ4n) is 5.48. The Balaban J connectivity index is 1.43. The smallest absolute Gasteiger partial charge is 0.272 e. The number of ether oxygens (including phenoxy) is 1. The molecule has 0 spiro atoms. The van der Waals surface area contributed by atoms with Crippen molar-refractivity contribution in [2.45, 2.75) is 59.2 Å². The summed E-state index contributed by atoms with van der Waals surface area (Å²) in [6, 6.07) is 10.4. The van der Waals surface area contributed by atoms with Crippen LogP contribution in [0.1, 0.15) is 60.2 Å². The molecule has 43 heavy (non-hydrogen) atoms. The van der Waals surface area contributed by atoms with Gasteiger partial charge in [0.2, 0.25) is 5.95 Å². The summed E-state index contributed by atoms with van der Waals surface area (Å²) in [6.07, 6.45) is 0.561. The Kier molecular flexibility index (Phi) is 9.25. The van der Waals surface area contributed by atoms with Crippen LogP contribution in [0.3, 0.4) is 0 Å². The van der Waals surface area contributed by atoms with Gasteiger partial charge in [-0.3, -0.25) is 14.9 Å². The van der Waals surface area contributed by atoms with Gasteiger partial charge < -0.3 is 19.5 Å². The summed E-state index contributed by atoms with van der Waals surface area (Å²) in [7, 11) is 0. The molecule has 1 aromatic carbocycles. The van der Waals surface area contributed by atoms with Gasteiger partial charge in [-0.25, -0.2) is 13.8 Å². The number of hydrogen-bond donors (Lipinski definition) is 2. The number of amides is 2. The number of likely N-dealkylation sites (tertiary alicyclic amines) is 1. The summed E-state index contributed by atoms with van der Waals surface area (Å²) in [4.78, 5) is 33.1. The first-order chi connectivity index (χ1) is 20.6. The number of carbonyl (C=O) groups is 2. The van der Waals surface area contributed by atoms with Crippen LogP contribution in [-0.4, -0.2) is 58.6 Å². The summed E-state index contributed by atoms with van der Waals surface area (Å²) in [5, 5.41) is 16.1. The van der Waals surface area contributed by atoms with Crippen LogP contribution in [-0.2, 0) is 22.6 Å². The van der Waals surface area contributed by atoms with Gasteiger partial charge in [0, 0.05) is 25.0 Å². The number of benzene rings is 1. The maximum absolute atomic E-state index is 13.5. The zero-order valence-electron chi connectivity index (χ0n) is 24.5. The summed E-state index contributed by atoms with van der Waals surface area (Å²) >= 11 is 0.743. The number of carbonyl (C=O) groups excluding carboxylic acids is 2. The Morgan fingerprint density at radius 2 is 2.07 bits per heavy atom. The molecule has 12 heteroatoms. The van der Waals surface area contributed by atoms with E-state index in [1.807, 2.05) is 29.7 Å². The molecule has 0 bridgehead atoms. The van der Waals surface area contributed by atoms with Gasteiger partial charge in [-0.15, -0.1) is 11.3 Å². The molecule has 3 aromatic rings. The van der Waals surface area contributed by atoms with Gasteiger partial charge in [0.25, 0.3) is 18.2 Å². The Bertz CT molecular complexity index is 1570. The van der Waals surface area contributed by atoms with Gasteiger partial charge in [-0.1, -0.05) is 32.9 Å². The standard InChI is InChI=1S/C31H36F2N6O3S/c1-19(2)14-35-15-20-6-7-24-23(11-20)36-30(37-28(40)26-9-8-25(43-26)27(32)33)39(24)16-22-5-4-10-38(22)29(41)21(13-34)12-31(3)17-42-18-31/h6-9,11-12,19,22,27,35H,4-5,10,14-18H2,1-3H3,(H,36,37,40)/b21-12-/t22-/m1/s1. The van der Waals surface area contributed by atoms with Crippen LogP contribution in [0, 0.1) is 22.7 Å². The predicted molar refractivity (Wildman–Crippen MR) is 161 cm³/mol. The molecule has 0 aliphatic carbocycles. The van der Waals surface area contributed by atoms with Crippen molar-refractivity contribution in [2.24, 2.45) is 11.3 Å². The van der Waals surface area contributed by atoms with Crippen LogP contribution in [0.15, 0.2) is 42.0 Å². The van der Waals surface area contributed by atoms with Crippen LogP contribution in [0.4, 0.5) is 14.7 Å². The number of alkyl halides is 2. The summed E-state index contributed by atoms with van der Waals surface area (Å²) in [6.45, 7) is 9.56. The van der Waals surface area contributed by atoms with Crippen molar-refractivity contribution < 1.29 is 23.1 Å². The van der Waals surface area contributed by atoms with Crippen LogP contribution in [0.25, 0.3) is 11.0 Å². The van der Waals surface area contributed by atoms with Crippen molar-refractivity contribution in [1.29, 1.82) is 5.26 Å². The minimum Gasteiger partial charge on any atom is -0.379 e. The summed E-state index contributed by atoms with van der Waals surface area (Å²) in [5.74, 6) is -0.0678. The van der Waals surface area contributed by atoms with E-state index in [2.05, 4.69) is 30.6 Å².